The van der Waals surface area contributed by atoms with Gasteiger partial charge in [0.05, 0.1) is 21.6 Å². The summed E-state index contributed by atoms with van der Waals surface area (Å²) in [5.41, 5.74) is 6.71. The lowest BCUT2D eigenvalue weighted by Gasteiger charge is -2.09. The minimum absolute atomic E-state index is 0.477. The minimum Gasteiger partial charge on any atom is -0.383 e. The summed E-state index contributed by atoms with van der Waals surface area (Å²) in [6.45, 7) is 4.78. The predicted molar refractivity (Wildman–Crippen MR) is 76.3 cm³/mol. The van der Waals surface area contributed by atoms with Crippen molar-refractivity contribution in [3.05, 3.63) is 15.1 Å². The van der Waals surface area contributed by atoms with Crippen molar-refractivity contribution >= 4 is 40.2 Å². The van der Waals surface area contributed by atoms with Crippen LogP contribution in [0.5, 0.6) is 0 Å². The van der Waals surface area contributed by atoms with Crippen LogP contribution in [0.15, 0.2) is 0 Å². The molecule has 0 unspecified atom stereocenters. The molecule has 0 atom stereocenters. The third-order valence-electron chi connectivity index (χ3n) is 1.82. The number of nitrogen functional groups attached to an aromatic ring is 1. The largest absolute Gasteiger partial charge is 0.383 e. The van der Waals surface area contributed by atoms with E-state index in [-0.39, 0.29) is 0 Å². The minimum atomic E-state index is 0.477. The number of anilines is 1. The van der Waals surface area contributed by atoms with Crippen molar-refractivity contribution in [3.8, 4) is 0 Å². The molecule has 0 saturated heterocycles. The highest BCUT2D eigenvalue weighted by Crippen LogP contribution is 2.20. The molecule has 2 N–H and O–H groups in total. The Kier molecular flexibility index (Phi) is 5.77. The number of thioether (sulfide) groups is 1. The first-order valence-corrected chi connectivity index (χ1v) is 7.08. The molecular formula is C10H16IN3OS. The second kappa shape index (κ2) is 6.61. The van der Waals surface area contributed by atoms with Gasteiger partial charge in [-0.2, -0.15) is 11.8 Å². The number of rotatable bonds is 5. The van der Waals surface area contributed by atoms with Gasteiger partial charge in [0.25, 0.3) is 0 Å². The average molecular weight is 353 g/mol. The zero-order chi connectivity index (χ0) is 12.1. The maximum absolute atomic E-state index is 5.83. The van der Waals surface area contributed by atoms with E-state index >= 15 is 0 Å². The van der Waals surface area contributed by atoms with E-state index in [0.717, 1.165) is 20.8 Å². The van der Waals surface area contributed by atoms with Gasteiger partial charge in [-0.3, -0.25) is 0 Å². The Hall–Kier alpha value is -0.0800. The standard InChI is InChI=1S/C10H16IN3OS/c1-6(2)16-5-8-13-7(4-15-3)9(11)10(12)14-8/h6H,4-5H2,1-3H3,(H2,12,13,14). The monoisotopic (exact) mass is 353 g/mol. The molecule has 0 aliphatic rings. The third-order valence-corrected chi connectivity index (χ3v) is 4.09. The van der Waals surface area contributed by atoms with Crippen molar-refractivity contribution in [2.45, 2.75) is 31.5 Å². The second-order valence-electron chi connectivity index (χ2n) is 3.58. The molecule has 1 aromatic heterocycles. The van der Waals surface area contributed by atoms with E-state index < -0.39 is 0 Å². The van der Waals surface area contributed by atoms with Crippen LogP contribution in [0.25, 0.3) is 0 Å². The van der Waals surface area contributed by atoms with E-state index in [1.54, 1.807) is 18.9 Å². The van der Waals surface area contributed by atoms with Crippen molar-refractivity contribution in [3.63, 3.8) is 0 Å². The lowest BCUT2D eigenvalue weighted by molar-refractivity contribution is 0.180. The topological polar surface area (TPSA) is 61.0 Å². The normalized spacial score (nSPS) is 11.1. The lowest BCUT2D eigenvalue weighted by atomic mass is 10.4. The molecule has 0 bridgehead atoms. The summed E-state index contributed by atoms with van der Waals surface area (Å²) in [6, 6.07) is 0. The number of aromatic nitrogens is 2. The molecule has 0 aliphatic heterocycles. The van der Waals surface area contributed by atoms with Gasteiger partial charge < -0.3 is 10.5 Å². The molecule has 1 aromatic rings. The summed E-state index contributed by atoms with van der Waals surface area (Å²) in [6.07, 6.45) is 0. The molecule has 0 spiro atoms. The molecular weight excluding hydrogens is 337 g/mol. The lowest BCUT2D eigenvalue weighted by Crippen LogP contribution is -2.08. The molecule has 1 rings (SSSR count). The Bertz CT molecular complexity index is 360. The first-order chi connectivity index (χ1) is 7.54. The van der Waals surface area contributed by atoms with Crippen molar-refractivity contribution < 1.29 is 4.74 Å². The van der Waals surface area contributed by atoms with Crippen LogP contribution in [0.4, 0.5) is 5.82 Å². The number of ether oxygens (including phenoxy) is 1. The van der Waals surface area contributed by atoms with Gasteiger partial charge in [0, 0.05) is 7.11 Å². The Balaban J connectivity index is 2.86. The Morgan fingerprint density at radius 1 is 1.44 bits per heavy atom. The summed E-state index contributed by atoms with van der Waals surface area (Å²) in [7, 11) is 1.65. The number of nitrogens with zero attached hydrogens (tertiary/aromatic N) is 2. The van der Waals surface area contributed by atoms with Crippen molar-refractivity contribution in [2.24, 2.45) is 0 Å². The fourth-order valence-corrected chi connectivity index (χ4v) is 2.11. The van der Waals surface area contributed by atoms with Crippen LogP contribution >= 0.6 is 34.4 Å². The summed E-state index contributed by atoms with van der Waals surface area (Å²) in [5, 5.41) is 0.565. The van der Waals surface area contributed by atoms with Crippen LogP contribution in [0.3, 0.4) is 0 Å². The number of halogens is 1. The molecule has 4 nitrogen and oxygen atoms in total. The molecule has 0 fully saturated rings. The summed E-state index contributed by atoms with van der Waals surface area (Å²) >= 11 is 3.95. The molecule has 1 heterocycles. The Morgan fingerprint density at radius 3 is 2.69 bits per heavy atom. The van der Waals surface area contributed by atoms with Crippen LogP contribution in [-0.4, -0.2) is 22.3 Å². The van der Waals surface area contributed by atoms with Gasteiger partial charge in [-0.1, -0.05) is 13.8 Å². The summed E-state index contributed by atoms with van der Waals surface area (Å²) in [4.78, 5) is 8.72. The van der Waals surface area contributed by atoms with Gasteiger partial charge in [-0.05, 0) is 27.8 Å². The number of methoxy groups -OCH3 is 1. The quantitative estimate of drug-likeness (QED) is 0.824. The van der Waals surface area contributed by atoms with Crippen molar-refractivity contribution in [2.75, 3.05) is 12.8 Å². The first kappa shape index (κ1) is 14.0. The van der Waals surface area contributed by atoms with Crippen LogP contribution < -0.4 is 5.73 Å². The number of hydrogen-bond donors (Lipinski definition) is 1. The predicted octanol–water partition coefficient (Wildman–Crippen LogP) is 2.45. The Labute approximate surface area is 114 Å². The molecule has 90 valence electrons. The maximum atomic E-state index is 5.83. The summed E-state index contributed by atoms with van der Waals surface area (Å²) in [5.74, 6) is 2.11. The molecule has 16 heavy (non-hydrogen) atoms. The molecule has 0 radical (unpaired) electrons. The van der Waals surface area contributed by atoms with Gasteiger partial charge in [0.1, 0.15) is 11.6 Å². The van der Waals surface area contributed by atoms with Crippen LogP contribution in [0.2, 0.25) is 0 Å². The van der Waals surface area contributed by atoms with Gasteiger partial charge >= 0.3 is 0 Å². The van der Waals surface area contributed by atoms with Crippen LogP contribution in [-0.2, 0) is 17.1 Å². The van der Waals surface area contributed by atoms with E-state index in [2.05, 4.69) is 46.4 Å². The van der Waals surface area contributed by atoms with Gasteiger partial charge in [-0.25, -0.2) is 9.97 Å². The second-order valence-corrected chi connectivity index (χ2v) is 6.22. The van der Waals surface area contributed by atoms with E-state index in [1.807, 2.05) is 0 Å². The molecule has 0 saturated carbocycles. The third kappa shape index (κ3) is 4.06. The molecule has 0 aliphatic carbocycles. The summed E-state index contributed by atoms with van der Waals surface area (Å²) < 4.78 is 5.97. The van der Waals surface area contributed by atoms with Gasteiger partial charge in [-0.15, -0.1) is 0 Å². The van der Waals surface area contributed by atoms with E-state index in [4.69, 9.17) is 10.5 Å². The van der Waals surface area contributed by atoms with E-state index in [0.29, 0.717) is 17.7 Å². The van der Waals surface area contributed by atoms with E-state index in [9.17, 15) is 0 Å². The van der Waals surface area contributed by atoms with Gasteiger partial charge in [0.2, 0.25) is 0 Å². The SMILES string of the molecule is COCc1nc(CSC(C)C)nc(N)c1I. The first-order valence-electron chi connectivity index (χ1n) is 4.96. The number of hydrogen-bond acceptors (Lipinski definition) is 5. The maximum Gasteiger partial charge on any atom is 0.141 e. The molecule has 6 heteroatoms. The van der Waals surface area contributed by atoms with Crippen LogP contribution in [0, 0.1) is 3.57 Å². The molecule has 0 aromatic carbocycles. The van der Waals surface area contributed by atoms with Crippen molar-refractivity contribution in [1.29, 1.82) is 0 Å². The zero-order valence-corrected chi connectivity index (χ0v) is 12.6. The van der Waals surface area contributed by atoms with Crippen LogP contribution in [0.1, 0.15) is 25.4 Å². The smallest absolute Gasteiger partial charge is 0.141 e. The average Bonchev–Trinajstić information content (AvgIpc) is 2.22. The van der Waals surface area contributed by atoms with Crippen molar-refractivity contribution in [1.82, 2.24) is 9.97 Å². The highest BCUT2D eigenvalue weighted by molar-refractivity contribution is 14.1. The highest BCUT2D eigenvalue weighted by atomic mass is 127. The van der Waals surface area contributed by atoms with Gasteiger partial charge in [0.15, 0.2) is 0 Å². The molecule has 0 amide bonds. The fourth-order valence-electron chi connectivity index (χ4n) is 1.10. The fraction of sp³-hybridized carbons (Fsp3) is 0.600. The number of nitrogens with two attached hydrogens (primary N) is 1. The highest BCUT2D eigenvalue weighted by Gasteiger charge is 2.10. The van der Waals surface area contributed by atoms with E-state index in [1.165, 1.54) is 0 Å². The Morgan fingerprint density at radius 2 is 2.12 bits per heavy atom. The zero-order valence-electron chi connectivity index (χ0n) is 9.66.